The van der Waals surface area contributed by atoms with Crippen LogP contribution >= 0.6 is 15.9 Å². The lowest BCUT2D eigenvalue weighted by atomic mass is 10.1. The molecule has 1 atom stereocenters. The van der Waals surface area contributed by atoms with Crippen LogP contribution in [0.1, 0.15) is 39.5 Å². The van der Waals surface area contributed by atoms with Crippen LogP contribution in [0.4, 0.5) is 5.69 Å². The van der Waals surface area contributed by atoms with Crippen molar-refractivity contribution in [3.8, 4) is 5.75 Å². The number of halogens is 1. The third kappa shape index (κ3) is 4.99. The number of ether oxygens (including phenoxy) is 1. The first kappa shape index (κ1) is 14.4. The van der Waals surface area contributed by atoms with E-state index in [1.165, 1.54) is 19.3 Å². The molecule has 3 heteroatoms. The van der Waals surface area contributed by atoms with Crippen LogP contribution in [0.15, 0.2) is 22.7 Å². The van der Waals surface area contributed by atoms with Gasteiger partial charge in [-0.05, 0) is 25.0 Å². The van der Waals surface area contributed by atoms with Crippen molar-refractivity contribution in [2.75, 3.05) is 12.4 Å². The van der Waals surface area contributed by atoms with E-state index in [0.717, 1.165) is 22.3 Å². The Morgan fingerprint density at radius 2 is 2.06 bits per heavy atom. The summed E-state index contributed by atoms with van der Waals surface area (Å²) < 4.78 is 6.31. The van der Waals surface area contributed by atoms with E-state index in [9.17, 15) is 0 Å². The second-order valence-electron chi connectivity index (χ2n) is 4.27. The van der Waals surface area contributed by atoms with E-state index in [0.29, 0.717) is 6.04 Å². The maximum atomic E-state index is 5.26. The summed E-state index contributed by atoms with van der Waals surface area (Å²) in [4.78, 5) is 0. The molecule has 0 aliphatic carbocycles. The summed E-state index contributed by atoms with van der Waals surface area (Å²) in [5.41, 5.74) is 1.12. The van der Waals surface area contributed by atoms with Crippen LogP contribution in [0.25, 0.3) is 0 Å². The van der Waals surface area contributed by atoms with Crippen LogP contribution in [0, 0.1) is 0 Å². The summed E-state index contributed by atoms with van der Waals surface area (Å²) in [5, 5.41) is 3.57. The molecule has 1 aromatic carbocycles. The number of hydrogen-bond acceptors (Lipinski definition) is 2. The molecule has 0 radical (unpaired) electrons. The zero-order valence-electron chi connectivity index (χ0n) is 10.9. The van der Waals surface area contributed by atoms with Gasteiger partial charge in [0.15, 0.2) is 0 Å². The summed E-state index contributed by atoms with van der Waals surface area (Å²) in [5.74, 6) is 0.882. The fraction of sp³-hybridized carbons (Fsp3) is 0.571. The molecule has 0 amide bonds. The summed E-state index contributed by atoms with van der Waals surface area (Å²) >= 11 is 3.50. The van der Waals surface area contributed by atoms with Crippen LogP contribution in [-0.4, -0.2) is 13.2 Å². The van der Waals surface area contributed by atoms with Crippen molar-refractivity contribution in [2.24, 2.45) is 0 Å². The smallest absolute Gasteiger partial charge is 0.122 e. The Morgan fingerprint density at radius 3 is 2.65 bits per heavy atom. The van der Waals surface area contributed by atoms with Gasteiger partial charge in [-0.15, -0.1) is 0 Å². The number of rotatable bonds is 7. The highest BCUT2D eigenvalue weighted by atomic mass is 79.9. The molecule has 1 unspecified atom stereocenters. The van der Waals surface area contributed by atoms with Crippen molar-refractivity contribution >= 4 is 21.6 Å². The number of anilines is 1. The van der Waals surface area contributed by atoms with Gasteiger partial charge < -0.3 is 10.1 Å². The normalized spacial score (nSPS) is 12.2. The first-order valence-corrected chi connectivity index (χ1v) is 7.10. The monoisotopic (exact) mass is 299 g/mol. The van der Waals surface area contributed by atoms with Crippen molar-refractivity contribution < 1.29 is 4.74 Å². The van der Waals surface area contributed by atoms with Gasteiger partial charge in [0.05, 0.1) is 7.11 Å². The molecule has 2 nitrogen and oxygen atoms in total. The molecular weight excluding hydrogens is 278 g/mol. The van der Waals surface area contributed by atoms with Crippen molar-refractivity contribution in [1.82, 2.24) is 0 Å². The number of methoxy groups -OCH3 is 1. The molecule has 0 aromatic heterocycles. The number of unbranched alkanes of at least 4 members (excludes halogenated alkanes) is 1. The first-order valence-electron chi connectivity index (χ1n) is 6.30. The van der Waals surface area contributed by atoms with Gasteiger partial charge in [0.2, 0.25) is 0 Å². The van der Waals surface area contributed by atoms with E-state index < -0.39 is 0 Å². The minimum absolute atomic E-state index is 0.550. The Hall–Kier alpha value is -0.700. The van der Waals surface area contributed by atoms with Gasteiger partial charge in [0, 0.05) is 22.3 Å². The molecule has 96 valence electrons. The van der Waals surface area contributed by atoms with Gasteiger partial charge in [-0.2, -0.15) is 0 Å². The summed E-state index contributed by atoms with van der Waals surface area (Å²) in [6.45, 7) is 4.46. The zero-order chi connectivity index (χ0) is 12.7. The van der Waals surface area contributed by atoms with Crippen molar-refractivity contribution in [1.29, 1.82) is 0 Å². The predicted octanol–water partition coefficient (Wildman–Crippen LogP) is 4.84. The molecule has 1 N–H and O–H groups in total. The maximum absolute atomic E-state index is 5.26. The second-order valence-corrected chi connectivity index (χ2v) is 5.19. The Bertz CT molecular complexity index is 341. The van der Waals surface area contributed by atoms with E-state index in [2.05, 4.69) is 41.2 Å². The van der Waals surface area contributed by atoms with Gasteiger partial charge in [0.1, 0.15) is 5.75 Å². The molecular formula is C14H22BrNO. The van der Waals surface area contributed by atoms with Crippen LogP contribution in [0.2, 0.25) is 0 Å². The minimum Gasteiger partial charge on any atom is -0.497 e. The number of benzene rings is 1. The molecule has 0 fully saturated rings. The first-order chi connectivity index (χ1) is 8.19. The van der Waals surface area contributed by atoms with E-state index in [1.807, 2.05) is 12.1 Å². The Balaban J connectivity index is 2.68. The third-order valence-electron chi connectivity index (χ3n) is 2.88. The lowest BCUT2D eigenvalue weighted by Gasteiger charge is -2.18. The van der Waals surface area contributed by atoms with Crippen LogP contribution in [0.3, 0.4) is 0 Å². The van der Waals surface area contributed by atoms with E-state index >= 15 is 0 Å². The second kappa shape index (κ2) is 7.59. The van der Waals surface area contributed by atoms with Gasteiger partial charge in [-0.1, -0.05) is 42.6 Å². The maximum Gasteiger partial charge on any atom is 0.122 e. The number of hydrogen-bond donors (Lipinski definition) is 1. The molecule has 0 saturated heterocycles. The lowest BCUT2D eigenvalue weighted by Crippen LogP contribution is -2.18. The molecule has 0 spiro atoms. The minimum atomic E-state index is 0.550. The molecule has 17 heavy (non-hydrogen) atoms. The fourth-order valence-electron chi connectivity index (χ4n) is 1.83. The third-order valence-corrected chi connectivity index (χ3v) is 3.33. The molecule has 1 rings (SSSR count). The number of nitrogens with one attached hydrogen (secondary N) is 1. The highest BCUT2D eigenvalue weighted by Gasteiger charge is 2.07. The van der Waals surface area contributed by atoms with Crippen molar-refractivity contribution in [3.05, 3.63) is 22.7 Å². The zero-order valence-corrected chi connectivity index (χ0v) is 12.5. The standard InChI is InChI=1S/C14H22BrNO/c1-4-6-7-12(5-2)16-13-8-11(15)9-14(10-13)17-3/h8-10,12,16H,4-7H2,1-3H3. The average molecular weight is 300 g/mol. The van der Waals surface area contributed by atoms with Crippen LogP contribution in [0.5, 0.6) is 5.75 Å². The molecule has 0 heterocycles. The largest absolute Gasteiger partial charge is 0.497 e. The predicted molar refractivity (Wildman–Crippen MR) is 77.9 cm³/mol. The highest BCUT2D eigenvalue weighted by molar-refractivity contribution is 9.10. The molecule has 0 saturated carbocycles. The fourth-order valence-corrected chi connectivity index (χ4v) is 2.30. The highest BCUT2D eigenvalue weighted by Crippen LogP contribution is 2.25. The van der Waals surface area contributed by atoms with Crippen LogP contribution in [-0.2, 0) is 0 Å². The molecule has 0 aliphatic rings. The average Bonchev–Trinajstić information content (AvgIpc) is 2.33. The molecule has 0 aliphatic heterocycles. The van der Waals surface area contributed by atoms with Gasteiger partial charge in [-0.25, -0.2) is 0 Å². The van der Waals surface area contributed by atoms with Gasteiger partial charge in [0.25, 0.3) is 0 Å². The van der Waals surface area contributed by atoms with E-state index in [-0.39, 0.29) is 0 Å². The molecule has 0 bridgehead atoms. The Labute approximate surface area is 113 Å². The van der Waals surface area contributed by atoms with E-state index in [1.54, 1.807) is 7.11 Å². The summed E-state index contributed by atoms with van der Waals surface area (Å²) in [6.07, 6.45) is 4.90. The van der Waals surface area contributed by atoms with Crippen LogP contribution < -0.4 is 10.1 Å². The summed E-state index contributed by atoms with van der Waals surface area (Å²) in [6, 6.07) is 6.66. The van der Waals surface area contributed by atoms with Gasteiger partial charge >= 0.3 is 0 Å². The lowest BCUT2D eigenvalue weighted by molar-refractivity contribution is 0.414. The SMILES string of the molecule is CCCCC(CC)Nc1cc(Br)cc(OC)c1. The Kier molecular flexibility index (Phi) is 6.41. The Morgan fingerprint density at radius 1 is 1.29 bits per heavy atom. The summed E-state index contributed by atoms with van der Waals surface area (Å²) in [7, 11) is 1.69. The van der Waals surface area contributed by atoms with E-state index in [4.69, 9.17) is 4.74 Å². The molecule has 1 aromatic rings. The van der Waals surface area contributed by atoms with Crippen molar-refractivity contribution in [2.45, 2.75) is 45.6 Å². The quantitative estimate of drug-likeness (QED) is 0.778. The topological polar surface area (TPSA) is 21.3 Å². The van der Waals surface area contributed by atoms with Gasteiger partial charge in [-0.3, -0.25) is 0 Å². The van der Waals surface area contributed by atoms with Crippen molar-refractivity contribution in [3.63, 3.8) is 0 Å².